The van der Waals surface area contributed by atoms with Crippen molar-refractivity contribution in [3.63, 3.8) is 0 Å². The minimum Gasteiger partial charge on any atom is -0.478 e. The fraction of sp³-hybridized carbons (Fsp3) is 0.316. The normalized spacial score (nSPS) is 27.4. The van der Waals surface area contributed by atoms with Gasteiger partial charge in [0.25, 0.3) is 0 Å². The number of carboxylic acids is 1. The van der Waals surface area contributed by atoms with E-state index >= 15 is 0 Å². The predicted octanol–water partition coefficient (Wildman–Crippen LogP) is 0.884. The SMILES string of the molecule is O=C(O)c1ccc(-c2cc(Cl)cc(O[C@H]3O[C@H](CO)[C@@H](O)[C@H](O)[C@@H]3O)c2)cc1. The number of ether oxygens (including phenoxy) is 2. The molecule has 0 radical (unpaired) electrons. The van der Waals surface area contributed by atoms with Crippen molar-refractivity contribution in [2.24, 2.45) is 0 Å². The van der Waals surface area contributed by atoms with E-state index in [-0.39, 0.29) is 11.3 Å². The van der Waals surface area contributed by atoms with Crippen LogP contribution in [-0.4, -0.2) is 68.8 Å². The number of hydrogen-bond donors (Lipinski definition) is 5. The highest BCUT2D eigenvalue weighted by Gasteiger charge is 2.44. The smallest absolute Gasteiger partial charge is 0.335 e. The Morgan fingerprint density at radius 2 is 1.68 bits per heavy atom. The number of hydrogen-bond acceptors (Lipinski definition) is 7. The number of carboxylic acid groups (broad SMARTS) is 1. The Labute approximate surface area is 165 Å². The molecular formula is C19H19ClO8. The molecule has 0 spiro atoms. The maximum Gasteiger partial charge on any atom is 0.335 e. The van der Waals surface area contributed by atoms with Gasteiger partial charge in [0.15, 0.2) is 0 Å². The molecular weight excluding hydrogens is 392 g/mol. The molecule has 5 atom stereocenters. The zero-order valence-corrected chi connectivity index (χ0v) is 15.2. The Balaban J connectivity index is 1.84. The monoisotopic (exact) mass is 410 g/mol. The van der Waals surface area contributed by atoms with Crippen LogP contribution in [0.15, 0.2) is 42.5 Å². The summed E-state index contributed by atoms with van der Waals surface area (Å²) in [6.07, 6.45) is -7.02. The molecule has 8 nitrogen and oxygen atoms in total. The highest BCUT2D eigenvalue weighted by atomic mass is 35.5. The number of carbonyl (C=O) groups is 1. The summed E-state index contributed by atoms with van der Waals surface area (Å²) in [7, 11) is 0. The molecule has 1 saturated heterocycles. The van der Waals surface area contributed by atoms with Gasteiger partial charge in [-0.25, -0.2) is 4.79 Å². The Kier molecular flexibility index (Phi) is 6.19. The number of benzene rings is 2. The maximum absolute atomic E-state index is 11.0. The van der Waals surface area contributed by atoms with Gasteiger partial charge in [-0.05, 0) is 41.5 Å². The van der Waals surface area contributed by atoms with E-state index in [0.717, 1.165) is 0 Å². The van der Waals surface area contributed by atoms with E-state index < -0.39 is 43.3 Å². The summed E-state index contributed by atoms with van der Waals surface area (Å²) in [4.78, 5) is 11.0. The van der Waals surface area contributed by atoms with Gasteiger partial charge >= 0.3 is 5.97 Å². The van der Waals surface area contributed by atoms with Gasteiger partial charge in [-0.1, -0.05) is 23.7 Å². The van der Waals surface area contributed by atoms with Crippen LogP contribution in [0.4, 0.5) is 0 Å². The largest absolute Gasteiger partial charge is 0.478 e. The van der Waals surface area contributed by atoms with E-state index in [1.165, 1.54) is 18.2 Å². The third-order valence-corrected chi connectivity index (χ3v) is 4.66. The number of halogens is 1. The standard InChI is InChI=1S/C19H19ClO8/c20-12-5-11(9-1-3-10(4-2-9)18(25)26)6-13(7-12)27-19-17(24)16(23)15(22)14(8-21)28-19/h1-7,14-17,19,21-24H,8H2,(H,25,26)/t14-,15-,16+,17+,19+/m1/s1. The molecule has 0 aromatic heterocycles. The average molecular weight is 411 g/mol. The second-order valence-electron chi connectivity index (χ2n) is 6.37. The van der Waals surface area contributed by atoms with E-state index in [9.17, 15) is 25.2 Å². The summed E-state index contributed by atoms with van der Waals surface area (Å²) < 4.78 is 10.9. The molecule has 1 fully saturated rings. The Morgan fingerprint density at radius 1 is 1.00 bits per heavy atom. The van der Waals surface area contributed by atoms with Crippen molar-refractivity contribution in [1.82, 2.24) is 0 Å². The van der Waals surface area contributed by atoms with Crippen molar-refractivity contribution in [1.29, 1.82) is 0 Å². The van der Waals surface area contributed by atoms with Gasteiger partial charge in [0.05, 0.1) is 12.2 Å². The molecule has 3 rings (SSSR count). The van der Waals surface area contributed by atoms with Crippen molar-refractivity contribution in [2.45, 2.75) is 30.7 Å². The average Bonchev–Trinajstić information content (AvgIpc) is 2.68. The molecule has 28 heavy (non-hydrogen) atoms. The first kappa shape index (κ1) is 20.5. The lowest BCUT2D eigenvalue weighted by Gasteiger charge is -2.39. The van der Waals surface area contributed by atoms with E-state index in [1.54, 1.807) is 24.3 Å². The number of aliphatic hydroxyl groups is 4. The molecule has 150 valence electrons. The van der Waals surface area contributed by atoms with Gasteiger partial charge in [-0.3, -0.25) is 0 Å². The van der Waals surface area contributed by atoms with Crippen molar-refractivity contribution in [3.8, 4) is 16.9 Å². The second-order valence-corrected chi connectivity index (χ2v) is 6.81. The summed E-state index contributed by atoms with van der Waals surface area (Å²) in [6.45, 7) is -0.568. The quantitative estimate of drug-likeness (QED) is 0.490. The fourth-order valence-electron chi connectivity index (χ4n) is 2.90. The van der Waals surface area contributed by atoms with Crippen LogP contribution < -0.4 is 4.74 Å². The van der Waals surface area contributed by atoms with Crippen LogP contribution in [0.5, 0.6) is 5.75 Å². The maximum atomic E-state index is 11.0. The molecule has 5 N–H and O–H groups in total. The van der Waals surface area contributed by atoms with Crippen LogP contribution in [0.3, 0.4) is 0 Å². The molecule has 1 aliphatic rings. The number of aliphatic hydroxyl groups excluding tert-OH is 4. The molecule has 1 aliphatic heterocycles. The van der Waals surface area contributed by atoms with E-state index in [2.05, 4.69) is 0 Å². The minimum atomic E-state index is -1.56. The molecule has 1 heterocycles. The van der Waals surface area contributed by atoms with Crippen molar-refractivity contribution in [3.05, 3.63) is 53.1 Å². The lowest BCUT2D eigenvalue weighted by molar-refractivity contribution is -0.277. The van der Waals surface area contributed by atoms with Crippen LogP contribution in [-0.2, 0) is 4.74 Å². The first-order valence-corrected chi connectivity index (χ1v) is 8.79. The van der Waals surface area contributed by atoms with Gasteiger partial charge in [0, 0.05) is 5.02 Å². The molecule has 0 saturated carbocycles. The van der Waals surface area contributed by atoms with Crippen LogP contribution in [0.25, 0.3) is 11.1 Å². The molecule has 2 aromatic carbocycles. The lowest BCUT2D eigenvalue weighted by atomic mass is 9.99. The second kappa shape index (κ2) is 8.44. The Hall–Kier alpha value is -2.20. The van der Waals surface area contributed by atoms with Crippen LogP contribution in [0, 0.1) is 0 Å². The van der Waals surface area contributed by atoms with Gasteiger partial charge in [0.1, 0.15) is 30.2 Å². The van der Waals surface area contributed by atoms with Crippen LogP contribution >= 0.6 is 11.6 Å². The minimum absolute atomic E-state index is 0.142. The van der Waals surface area contributed by atoms with Crippen molar-refractivity contribution >= 4 is 17.6 Å². The summed E-state index contributed by atoms with van der Waals surface area (Å²) in [6, 6.07) is 10.9. The third kappa shape index (κ3) is 4.27. The number of rotatable bonds is 5. The topological polar surface area (TPSA) is 137 Å². The first-order chi connectivity index (χ1) is 13.3. The highest BCUT2D eigenvalue weighted by Crippen LogP contribution is 2.31. The summed E-state index contributed by atoms with van der Waals surface area (Å²) in [5, 5.41) is 48.3. The predicted molar refractivity (Wildman–Crippen MR) is 98.2 cm³/mol. The molecule has 2 aromatic rings. The highest BCUT2D eigenvalue weighted by molar-refractivity contribution is 6.31. The van der Waals surface area contributed by atoms with Crippen LogP contribution in [0.1, 0.15) is 10.4 Å². The fourth-order valence-corrected chi connectivity index (χ4v) is 3.13. The Morgan fingerprint density at radius 3 is 2.29 bits per heavy atom. The molecule has 0 bridgehead atoms. The summed E-state index contributed by atoms with van der Waals surface area (Å²) >= 11 is 6.14. The molecule has 0 amide bonds. The van der Waals surface area contributed by atoms with Gasteiger partial charge in [-0.15, -0.1) is 0 Å². The van der Waals surface area contributed by atoms with Crippen LogP contribution in [0.2, 0.25) is 5.02 Å². The molecule has 0 unspecified atom stereocenters. The van der Waals surface area contributed by atoms with Crippen molar-refractivity contribution in [2.75, 3.05) is 6.61 Å². The number of aromatic carboxylic acids is 1. The van der Waals surface area contributed by atoms with E-state index in [1.807, 2.05) is 0 Å². The summed E-state index contributed by atoms with van der Waals surface area (Å²) in [5.41, 5.74) is 1.46. The van der Waals surface area contributed by atoms with Gasteiger partial charge < -0.3 is 35.0 Å². The first-order valence-electron chi connectivity index (χ1n) is 8.41. The molecule has 9 heteroatoms. The van der Waals surface area contributed by atoms with Gasteiger partial charge in [0.2, 0.25) is 6.29 Å². The van der Waals surface area contributed by atoms with E-state index in [4.69, 9.17) is 26.2 Å². The van der Waals surface area contributed by atoms with Crippen molar-refractivity contribution < 1.29 is 39.8 Å². The molecule has 0 aliphatic carbocycles. The van der Waals surface area contributed by atoms with E-state index in [0.29, 0.717) is 16.1 Å². The Bertz CT molecular complexity index is 838. The zero-order valence-electron chi connectivity index (χ0n) is 14.5. The third-order valence-electron chi connectivity index (χ3n) is 4.44. The zero-order chi connectivity index (χ0) is 20.4. The van der Waals surface area contributed by atoms with Gasteiger partial charge in [-0.2, -0.15) is 0 Å². The lowest BCUT2D eigenvalue weighted by Crippen LogP contribution is -2.60. The summed E-state index contributed by atoms with van der Waals surface area (Å²) in [5.74, 6) is -0.821.